The lowest BCUT2D eigenvalue weighted by Crippen LogP contribution is -2.42. The second-order valence-electron chi connectivity index (χ2n) is 6.12. The van der Waals surface area contributed by atoms with Crippen molar-refractivity contribution in [2.24, 2.45) is 4.99 Å². The van der Waals surface area contributed by atoms with Crippen molar-refractivity contribution in [1.29, 1.82) is 0 Å². The second kappa shape index (κ2) is 10.2. The van der Waals surface area contributed by atoms with E-state index in [0.29, 0.717) is 43.8 Å². The maximum Gasteiger partial charge on any atom is 0.195 e. The molecule has 2 rings (SSSR count). The smallest absolute Gasteiger partial charge is 0.195 e. The number of hydrogen-bond donors (Lipinski definition) is 2. The van der Waals surface area contributed by atoms with Crippen molar-refractivity contribution in [1.82, 2.24) is 5.32 Å². The summed E-state index contributed by atoms with van der Waals surface area (Å²) in [5, 5.41) is 6.60. The molecule has 0 atom stereocenters. The van der Waals surface area contributed by atoms with Gasteiger partial charge in [-0.3, -0.25) is 0 Å². The summed E-state index contributed by atoms with van der Waals surface area (Å²) in [5.41, 5.74) is 0.629. The highest BCUT2D eigenvalue weighted by Crippen LogP contribution is 2.30. The monoisotopic (exact) mass is 365 g/mol. The minimum atomic E-state index is -0.253. The number of benzene rings is 1. The van der Waals surface area contributed by atoms with E-state index in [2.05, 4.69) is 10.6 Å². The van der Waals surface area contributed by atoms with E-state index in [0.717, 1.165) is 25.1 Å². The van der Waals surface area contributed by atoms with Crippen molar-refractivity contribution in [2.75, 3.05) is 52.4 Å². The molecule has 1 aromatic carbocycles. The number of aliphatic imine (C=N–C) groups is 1. The van der Waals surface area contributed by atoms with Crippen LogP contribution in [0.5, 0.6) is 11.5 Å². The molecule has 7 nitrogen and oxygen atoms in total. The minimum absolute atomic E-state index is 0.253. The van der Waals surface area contributed by atoms with Gasteiger partial charge in [-0.15, -0.1) is 0 Å². The van der Waals surface area contributed by atoms with Crippen molar-refractivity contribution in [3.63, 3.8) is 0 Å². The molecule has 1 aliphatic rings. The van der Waals surface area contributed by atoms with Gasteiger partial charge >= 0.3 is 0 Å². The van der Waals surface area contributed by atoms with E-state index in [4.69, 9.17) is 23.9 Å². The Bertz CT molecular complexity index is 586. The van der Waals surface area contributed by atoms with Gasteiger partial charge in [-0.2, -0.15) is 0 Å². The van der Waals surface area contributed by atoms with E-state index < -0.39 is 0 Å². The van der Waals surface area contributed by atoms with E-state index in [1.54, 1.807) is 14.2 Å². The molecule has 0 radical (unpaired) electrons. The molecule has 0 saturated carbocycles. The number of guanidine groups is 1. The number of hydrogen-bond acceptors (Lipinski definition) is 5. The fraction of sp³-hybridized carbons (Fsp3) is 0.632. The van der Waals surface area contributed by atoms with Crippen LogP contribution in [-0.4, -0.2) is 58.7 Å². The molecule has 0 bridgehead atoms. The third-order valence-corrected chi connectivity index (χ3v) is 4.43. The predicted molar refractivity (Wildman–Crippen MR) is 104 cm³/mol. The molecule has 0 aliphatic carbocycles. The van der Waals surface area contributed by atoms with E-state index in [1.165, 1.54) is 0 Å². The Balaban J connectivity index is 2.12. The van der Waals surface area contributed by atoms with E-state index in [1.807, 2.05) is 32.0 Å². The van der Waals surface area contributed by atoms with Crippen LogP contribution < -0.4 is 20.1 Å². The van der Waals surface area contributed by atoms with Crippen molar-refractivity contribution in [2.45, 2.75) is 32.3 Å². The van der Waals surface area contributed by atoms with Crippen LogP contribution in [0.25, 0.3) is 0 Å². The Labute approximate surface area is 156 Å². The van der Waals surface area contributed by atoms with Crippen molar-refractivity contribution >= 4 is 11.6 Å². The van der Waals surface area contributed by atoms with Gasteiger partial charge < -0.3 is 29.6 Å². The Hall–Kier alpha value is -1.99. The zero-order valence-electron chi connectivity index (χ0n) is 16.3. The van der Waals surface area contributed by atoms with E-state index >= 15 is 0 Å². The predicted octanol–water partition coefficient (Wildman–Crippen LogP) is 2.67. The lowest BCUT2D eigenvalue weighted by molar-refractivity contribution is -0.0828. The molecular weight excluding hydrogens is 334 g/mol. The highest BCUT2D eigenvalue weighted by Gasteiger charge is 2.32. The molecule has 7 heteroatoms. The standard InChI is InChI=1S/C19H31N3O4/c1-5-20-18(21-14-19(24-4)9-11-25-12-10-19)22-15-7-8-16(23-3)17(13-15)26-6-2/h7-8,13H,5-6,9-12,14H2,1-4H3,(H2,20,21,22). The molecule has 0 aromatic heterocycles. The summed E-state index contributed by atoms with van der Waals surface area (Å²) >= 11 is 0. The van der Waals surface area contributed by atoms with E-state index in [-0.39, 0.29) is 5.60 Å². The number of rotatable bonds is 8. The van der Waals surface area contributed by atoms with Gasteiger partial charge in [0.25, 0.3) is 0 Å². The first-order chi connectivity index (χ1) is 12.7. The Morgan fingerprint density at radius 1 is 1.19 bits per heavy atom. The highest BCUT2D eigenvalue weighted by atomic mass is 16.5. The van der Waals surface area contributed by atoms with Crippen LogP contribution in [0, 0.1) is 0 Å². The largest absolute Gasteiger partial charge is 0.493 e. The zero-order valence-corrected chi connectivity index (χ0v) is 16.3. The van der Waals surface area contributed by atoms with Gasteiger partial charge in [-0.25, -0.2) is 4.99 Å². The van der Waals surface area contributed by atoms with Gasteiger partial charge in [0.05, 0.1) is 25.9 Å². The number of methoxy groups -OCH3 is 2. The van der Waals surface area contributed by atoms with Crippen LogP contribution in [0.3, 0.4) is 0 Å². The lowest BCUT2D eigenvalue weighted by Gasteiger charge is -2.34. The molecule has 26 heavy (non-hydrogen) atoms. The maximum atomic E-state index is 5.76. The number of ether oxygens (including phenoxy) is 4. The second-order valence-corrected chi connectivity index (χ2v) is 6.12. The maximum absolute atomic E-state index is 5.76. The summed E-state index contributed by atoms with van der Waals surface area (Å²) in [5.74, 6) is 2.12. The van der Waals surface area contributed by atoms with Gasteiger partial charge in [0.15, 0.2) is 17.5 Å². The average molecular weight is 365 g/mol. The third-order valence-electron chi connectivity index (χ3n) is 4.43. The zero-order chi connectivity index (χ0) is 18.8. The summed E-state index contributed by atoms with van der Waals surface area (Å²) in [6.07, 6.45) is 1.70. The van der Waals surface area contributed by atoms with Crippen LogP contribution in [0.4, 0.5) is 5.69 Å². The SMILES string of the molecule is CCNC(=NCC1(OC)CCOCC1)Nc1ccc(OC)c(OCC)c1. The van der Waals surface area contributed by atoms with Crippen LogP contribution in [-0.2, 0) is 9.47 Å². The Morgan fingerprint density at radius 3 is 2.58 bits per heavy atom. The fourth-order valence-corrected chi connectivity index (χ4v) is 2.86. The Kier molecular flexibility index (Phi) is 8.00. The molecule has 1 aliphatic heterocycles. The number of nitrogens with zero attached hydrogens (tertiary/aromatic N) is 1. The van der Waals surface area contributed by atoms with Crippen LogP contribution in [0.15, 0.2) is 23.2 Å². The van der Waals surface area contributed by atoms with Crippen molar-refractivity contribution < 1.29 is 18.9 Å². The molecule has 2 N–H and O–H groups in total. The molecule has 1 heterocycles. The van der Waals surface area contributed by atoms with Crippen molar-refractivity contribution in [3.05, 3.63) is 18.2 Å². The Morgan fingerprint density at radius 2 is 1.96 bits per heavy atom. The fourth-order valence-electron chi connectivity index (χ4n) is 2.86. The summed E-state index contributed by atoms with van der Waals surface area (Å²) in [7, 11) is 3.38. The lowest BCUT2D eigenvalue weighted by atomic mass is 9.94. The van der Waals surface area contributed by atoms with Gasteiger partial charge in [0.1, 0.15) is 0 Å². The van der Waals surface area contributed by atoms with Gasteiger partial charge in [0.2, 0.25) is 0 Å². The molecule has 0 spiro atoms. The molecule has 0 unspecified atom stereocenters. The number of anilines is 1. The van der Waals surface area contributed by atoms with Gasteiger partial charge in [0, 0.05) is 51.5 Å². The normalized spacial score (nSPS) is 16.8. The van der Waals surface area contributed by atoms with Crippen LogP contribution >= 0.6 is 0 Å². The molecule has 1 aromatic rings. The van der Waals surface area contributed by atoms with Crippen molar-refractivity contribution in [3.8, 4) is 11.5 Å². The summed E-state index contributed by atoms with van der Waals surface area (Å²) in [6.45, 7) is 7.33. The first kappa shape index (κ1) is 20.3. The first-order valence-electron chi connectivity index (χ1n) is 9.15. The average Bonchev–Trinajstić information content (AvgIpc) is 2.67. The van der Waals surface area contributed by atoms with Gasteiger partial charge in [-0.1, -0.05) is 0 Å². The first-order valence-corrected chi connectivity index (χ1v) is 9.15. The van der Waals surface area contributed by atoms with Crippen LogP contribution in [0.2, 0.25) is 0 Å². The van der Waals surface area contributed by atoms with Gasteiger partial charge in [-0.05, 0) is 26.0 Å². The minimum Gasteiger partial charge on any atom is -0.493 e. The summed E-state index contributed by atoms with van der Waals surface area (Å²) in [6, 6.07) is 5.73. The number of nitrogens with one attached hydrogen (secondary N) is 2. The summed E-state index contributed by atoms with van der Waals surface area (Å²) in [4.78, 5) is 4.74. The summed E-state index contributed by atoms with van der Waals surface area (Å²) < 4.78 is 22.2. The van der Waals surface area contributed by atoms with E-state index in [9.17, 15) is 0 Å². The quantitative estimate of drug-likeness (QED) is 0.545. The topological polar surface area (TPSA) is 73.3 Å². The molecule has 1 saturated heterocycles. The molecular formula is C19H31N3O4. The molecule has 1 fully saturated rings. The third kappa shape index (κ3) is 5.51. The molecule has 0 amide bonds. The molecule has 146 valence electrons. The van der Waals surface area contributed by atoms with Crippen LogP contribution in [0.1, 0.15) is 26.7 Å². The highest BCUT2D eigenvalue weighted by molar-refractivity contribution is 5.94.